The fraction of sp³-hybridized carbons (Fsp3) is 0.500. The van der Waals surface area contributed by atoms with Crippen LogP contribution in [0.1, 0.15) is 25.0 Å². The summed E-state index contributed by atoms with van der Waals surface area (Å²) in [6, 6.07) is 3.74. The van der Waals surface area contributed by atoms with E-state index in [1.807, 2.05) is 12.1 Å². The molecule has 0 aliphatic heterocycles. The molecule has 0 spiro atoms. The molecule has 2 nitrogen and oxygen atoms in total. The summed E-state index contributed by atoms with van der Waals surface area (Å²) in [6.45, 7) is 0.656. The molecule has 0 bridgehead atoms. The van der Waals surface area contributed by atoms with Crippen molar-refractivity contribution in [1.82, 2.24) is 4.98 Å². The summed E-state index contributed by atoms with van der Waals surface area (Å²) in [5.74, 6) is 0. The van der Waals surface area contributed by atoms with E-state index in [2.05, 4.69) is 4.98 Å². The lowest BCUT2D eigenvalue weighted by Crippen LogP contribution is -2.42. The molecule has 1 aromatic rings. The Bertz CT molecular complexity index is 302. The van der Waals surface area contributed by atoms with Crippen LogP contribution in [-0.2, 0) is 5.41 Å². The summed E-state index contributed by atoms with van der Waals surface area (Å²) in [5, 5.41) is 0.757. The van der Waals surface area contributed by atoms with Crippen LogP contribution < -0.4 is 5.73 Å². The molecule has 1 aromatic heterocycles. The lowest BCUT2D eigenvalue weighted by Gasteiger charge is -2.40. The number of halogens is 1. The highest BCUT2D eigenvalue weighted by Crippen LogP contribution is 2.44. The molecular formula is C10H13ClN2. The molecule has 3 heteroatoms. The average Bonchev–Trinajstić information content (AvgIpc) is 2.07. The van der Waals surface area contributed by atoms with E-state index in [1.54, 1.807) is 6.20 Å². The Labute approximate surface area is 83.1 Å². The van der Waals surface area contributed by atoms with Gasteiger partial charge in [-0.3, -0.25) is 4.98 Å². The van der Waals surface area contributed by atoms with Gasteiger partial charge in [0.15, 0.2) is 0 Å². The molecular weight excluding hydrogens is 184 g/mol. The lowest BCUT2D eigenvalue weighted by atomic mass is 9.66. The van der Waals surface area contributed by atoms with Crippen molar-refractivity contribution in [3.8, 4) is 0 Å². The van der Waals surface area contributed by atoms with Crippen molar-refractivity contribution < 1.29 is 0 Å². The van der Waals surface area contributed by atoms with Crippen LogP contribution in [0.2, 0.25) is 5.02 Å². The van der Waals surface area contributed by atoms with Crippen LogP contribution in [0.15, 0.2) is 18.3 Å². The highest BCUT2D eigenvalue weighted by molar-refractivity contribution is 6.31. The van der Waals surface area contributed by atoms with Crippen molar-refractivity contribution in [1.29, 1.82) is 0 Å². The first-order valence-electron chi connectivity index (χ1n) is 4.60. The van der Waals surface area contributed by atoms with Gasteiger partial charge in [0.2, 0.25) is 0 Å². The quantitative estimate of drug-likeness (QED) is 0.787. The molecule has 2 N–H and O–H groups in total. The predicted molar refractivity (Wildman–Crippen MR) is 53.8 cm³/mol. The van der Waals surface area contributed by atoms with E-state index in [1.165, 1.54) is 6.42 Å². The minimum Gasteiger partial charge on any atom is -0.330 e. The van der Waals surface area contributed by atoms with Gasteiger partial charge in [0.1, 0.15) is 0 Å². The molecule has 0 unspecified atom stereocenters. The van der Waals surface area contributed by atoms with Crippen LogP contribution in [-0.4, -0.2) is 11.5 Å². The number of nitrogens with two attached hydrogens (primary N) is 1. The van der Waals surface area contributed by atoms with Crippen LogP contribution in [0, 0.1) is 0 Å². The number of rotatable bonds is 2. The number of hydrogen-bond acceptors (Lipinski definition) is 2. The lowest BCUT2D eigenvalue weighted by molar-refractivity contribution is 0.246. The Morgan fingerprint density at radius 1 is 1.54 bits per heavy atom. The predicted octanol–water partition coefficient (Wildman–Crippen LogP) is 2.12. The van der Waals surface area contributed by atoms with Crippen LogP contribution in [0.25, 0.3) is 0 Å². The number of aromatic nitrogens is 1. The fourth-order valence-corrected chi connectivity index (χ4v) is 2.24. The molecule has 1 fully saturated rings. The SMILES string of the molecule is NCC1(c2ncccc2Cl)CCC1. The second kappa shape index (κ2) is 3.28. The third kappa shape index (κ3) is 1.34. The van der Waals surface area contributed by atoms with Gasteiger partial charge in [-0.1, -0.05) is 18.0 Å². The number of pyridine rings is 1. The van der Waals surface area contributed by atoms with Crippen molar-refractivity contribution in [2.24, 2.45) is 5.73 Å². The summed E-state index contributed by atoms with van der Waals surface area (Å²) in [7, 11) is 0. The topological polar surface area (TPSA) is 38.9 Å². The second-order valence-corrected chi connectivity index (χ2v) is 4.08. The summed E-state index contributed by atoms with van der Waals surface area (Å²) in [4.78, 5) is 4.33. The van der Waals surface area contributed by atoms with E-state index in [0.29, 0.717) is 6.54 Å². The van der Waals surface area contributed by atoms with Crippen LogP contribution in [0.4, 0.5) is 0 Å². The number of hydrogen-bond donors (Lipinski definition) is 1. The standard InChI is InChI=1S/C10H13ClN2/c11-8-3-1-6-13-9(8)10(7-12)4-2-5-10/h1,3,6H,2,4-5,7,12H2. The first-order valence-corrected chi connectivity index (χ1v) is 4.97. The Morgan fingerprint density at radius 3 is 2.77 bits per heavy atom. The molecule has 13 heavy (non-hydrogen) atoms. The van der Waals surface area contributed by atoms with Gasteiger partial charge < -0.3 is 5.73 Å². The molecule has 1 saturated carbocycles. The zero-order valence-electron chi connectivity index (χ0n) is 7.46. The van der Waals surface area contributed by atoms with E-state index in [9.17, 15) is 0 Å². The molecule has 1 aliphatic carbocycles. The fourth-order valence-electron chi connectivity index (χ4n) is 1.92. The Balaban J connectivity index is 2.38. The Kier molecular flexibility index (Phi) is 2.26. The Hall–Kier alpha value is -0.600. The van der Waals surface area contributed by atoms with Gasteiger partial charge in [-0.25, -0.2) is 0 Å². The van der Waals surface area contributed by atoms with Gasteiger partial charge >= 0.3 is 0 Å². The minimum atomic E-state index is 0.0817. The van der Waals surface area contributed by atoms with E-state index >= 15 is 0 Å². The Morgan fingerprint density at radius 2 is 2.31 bits per heavy atom. The van der Waals surface area contributed by atoms with E-state index in [-0.39, 0.29) is 5.41 Å². The molecule has 0 aromatic carbocycles. The van der Waals surface area contributed by atoms with Gasteiger partial charge in [-0.05, 0) is 25.0 Å². The van der Waals surface area contributed by atoms with Gasteiger partial charge in [0.25, 0.3) is 0 Å². The summed E-state index contributed by atoms with van der Waals surface area (Å²) >= 11 is 6.08. The van der Waals surface area contributed by atoms with Crippen molar-refractivity contribution in [2.45, 2.75) is 24.7 Å². The summed E-state index contributed by atoms with van der Waals surface area (Å²) in [6.07, 6.45) is 5.28. The third-order valence-electron chi connectivity index (χ3n) is 2.96. The summed E-state index contributed by atoms with van der Waals surface area (Å²) in [5.41, 5.74) is 6.84. The molecule has 0 saturated heterocycles. The van der Waals surface area contributed by atoms with E-state index in [0.717, 1.165) is 23.6 Å². The van der Waals surface area contributed by atoms with Crippen molar-refractivity contribution in [2.75, 3.05) is 6.54 Å². The van der Waals surface area contributed by atoms with Crippen molar-refractivity contribution in [3.63, 3.8) is 0 Å². The second-order valence-electron chi connectivity index (χ2n) is 3.67. The first-order chi connectivity index (χ1) is 6.28. The zero-order valence-corrected chi connectivity index (χ0v) is 8.22. The van der Waals surface area contributed by atoms with Crippen molar-refractivity contribution >= 4 is 11.6 Å². The largest absolute Gasteiger partial charge is 0.330 e. The average molecular weight is 197 g/mol. The van der Waals surface area contributed by atoms with Gasteiger partial charge in [-0.15, -0.1) is 0 Å². The molecule has 0 atom stereocenters. The zero-order chi connectivity index (χ0) is 9.31. The monoisotopic (exact) mass is 196 g/mol. The van der Waals surface area contributed by atoms with Crippen LogP contribution in [0.3, 0.4) is 0 Å². The molecule has 1 aliphatic rings. The first kappa shape index (κ1) is 8.97. The minimum absolute atomic E-state index is 0.0817. The molecule has 2 rings (SSSR count). The van der Waals surface area contributed by atoms with Gasteiger partial charge in [-0.2, -0.15) is 0 Å². The molecule has 70 valence electrons. The highest BCUT2D eigenvalue weighted by atomic mass is 35.5. The smallest absolute Gasteiger partial charge is 0.0663 e. The number of nitrogens with zero attached hydrogens (tertiary/aromatic N) is 1. The maximum Gasteiger partial charge on any atom is 0.0663 e. The van der Waals surface area contributed by atoms with E-state index in [4.69, 9.17) is 17.3 Å². The van der Waals surface area contributed by atoms with E-state index < -0.39 is 0 Å². The van der Waals surface area contributed by atoms with Crippen LogP contribution >= 0.6 is 11.6 Å². The van der Waals surface area contributed by atoms with Crippen LogP contribution in [0.5, 0.6) is 0 Å². The molecule has 1 heterocycles. The molecule has 0 amide bonds. The third-order valence-corrected chi connectivity index (χ3v) is 3.27. The van der Waals surface area contributed by atoms with Crippen molar-refractivity contribution in [3.05, 3.63) is 29.0 Å². The van der Waals surface area contributed by atoms with Gasteiger partial charge in [0.05, 0.1) is 10.7 Å². The maximum atomic E-state index is 6.08. The summed E-state index contributed by atoms with van der Waals surface area (Å²) < 4.78 is 0. The normalized spacial score (nSPS) is 19.5. The maximum absolute atomic E-state index is 6.08. The highest BCUT2D eigenvalue weighted by Gasteiger charge is 2.39. The molecule has 0 radical (unpaired) electrons. The van der Waals surface area contributed by atoms with Gasteiger partial charge in [0, 0.05) is 18.2 Å².